The Morgan fingerprint density at radius 1 is 1.69 bits per heavy atom. The topological polar surface area (TPSA) is 103 Å². The summed E-state index contributed by atoms with van der Waals surface area (Å²) in [6.07, 6.45) is 1.17. The van der Waals surface area contributed by atoms with E-state index in [1.54, 1.807) is 0 Å². The lowest BCUT2D eigenvalue weighted by Gasteiger charge is -2.04. The Labute approximate surface area is 96.1 Å². The summed E-state index contributed by atoms with van der Waals surface area (Å²) in [4.78, 5) is 13.8. The summed E-state index contributed by atoms with van der Waals surface area (Å²) in [5.41, 5.74) is 1.98. The van der Waals surface area contributed by atoms with Gasteiger partial charge in [-0.05, 0) is 12.2 Å². The Bertz CT molecular complexity index is 505. The van der Waals surface area contributed by atoms with Crippen molar-refractivity contribution in [2.24, 2.45) is 12.1 Å². The number of hydrazone groups is 1. The van der Waals surface area contributed by atoms with Gasteiger partial charge in [-0.15, -0.1) is 0 Å². The summed E-state index contributed by atoms with van der Waals surface area (Å²) < 4.78 is 1.38. The summed E-state index contributed by atoms with van der Waals surface area (Å²) in [5, 5.41) is 21.8. The van der Waals surface area contributed by atoms with Gasteiger partial charge in [0.05, 0.1) is 19.4 Å². The number of aliphatic hydroxyl groups excluding tert-OH is 1. The number of hydrogen-bond acceptors (Lipinski definition) is 6. The minimum Gasteiger partial charge on any atom is -0.494 e. The predicted octanol–water partition coefficient (Wildman–Crippen LogP) is -0.936. The number of rotatable bonds is 4. The third-order valence-corrected chi connectivity index (χ3v) is 2.21. The lowest BCUT2D eigenvalue weighted by molar-refractivity contribution is 0.294. The first-order valence-corrected chi connectivity index (χ1v) is 4.87. The van der Waals surface area contributed by atoms with Gasteiger partial charge in [0.2, 0.25) is 5.88 Å². The van der Waals surface area contributed by atoms with Crippen molar-refractivity contribution in [2.75, 3.05) is 13.2 Å². The molecule has 0 aliphatic heterocycles. The average Bonchev–Trinajstić information content (AvgIpc) is 2.25. The molecule has 0 aliphatic carbocycles. The lowest BCUT2D eigenvalue weighted by Crippen LogP contribution is -2.19. The van der Waals surface area contributed by atoms with E-state index >= 15 is 0 Å². The second-order valence-corrected chi connectivity index (χ2v) is 3.33. The van der Waals surface area contributed by atoms with Crippen LogP contribution in [0.3, 0.4) is 0 Å². The first kappa shape index (κ1) is 12.4. The quantitative estimate of drug-likeness (QED) is 0.237. The van der Waals surface area contributed by atoms with Gasteiger partial charge in [0.15, 0.2) is 4.77 Å². The lowest BCUT2D eigenvalue weighted by atomic mass is 10.3. The van der Waals surface area contributed by atoms with Crippen LogP contribution < -0.4 is 11.0 Å². The molecule has 0 amide bonds. The van der Waals surface area contributed by atoms with Gasteiger partial charge in [-0.2, -0.15) is 5.10 Å². The Kier molecular flexibility index (Phi) is 4.20. The Hall–Kier alpha value is -1.67. The molecule has 0 fully saturated rings. The SMILES string of the molecule is Cn1c(O)c(C=NNCCO)c(=O)[nH]c1=S. The Balaban J connectivity index is 3.06. The normalized spacial score (nSPS) is 10.9. The zero-order valence-electron chi connectivity index (χ0n) is 8.60. The number of aromatic amines is 1. The maximum atomic E-state index is 11.4. The van der Waals surface area contributed by atoms with Crippen molar-refractivity contribution in [2.45, 2.75) is 0 Å². The first-order valence-electron chi connectivity index (χ1n) is 4.47. The number of hydrogen-bond donors (Lipinski definition) is 4. The molecule has 1 aromatic heterocycles. The molecule has 0 bridgehead atoms. The number of aromatic hydroxyl groups is 1. The van der Waals surface area contributed by atoms with Crippen molar-refractivity contribution in [1.82, 2.24) is 15.0 Å². The summed E-state index contributed by atoms with van der Waals surface area (Å²) in [6, 6.07) is 0. The molecule has 1 aromatic rings. The number of aromatic nitrogens is 2. The van der Waals surface area contributed by atoms with Crippen LogP contribution in [0.1, 0.15) is 5.56 Å². The van der Waals surface area contributed by atoms with Crippen molar-refractivity contribution >= 4 is 18.4 Å². The van der Waals surface area contributed by atoms with Crippen molar-refractivity contribution in [1.29, 1.82) is 0 Å². The summed E-state index contributed by atoms with van der Waals surface area (Å²) >= 11 is 4.80. The molecule has 0 aromatic carbocycles. The summed E-state index contributed by atoms with van der Waals surface area (Å²) in [6.45, 7) is 0.193. The van der Waals surface area contributed by atoms with E-state index in [0.29, 0.717) is 0 Å². The van der Waals surface area contributed by atoms with Crippen molar-refractivity contribution in [3.63, 3.8) is 0 Å². The molecule has 0 atom stereocenters. The third-order valence-electron chi connectivity index (χ3n) is 1.84. The second kappa shape index (κ2) is 5.42. The largest absolute Gasteiger partial charge is 0.494 e. The maximum Gasteiger partial charge on any atom is 0.264 e. The van der Waals surface area contributed by atoms with Gasteiger partial charge < -0.3 is 15.6 Å². The molecular weight excluding hydrogens is 232 g/mol. The van der Waals surface area contributed by atoms with E-state index in [0.717, 1.165) is 0 Å². The van der Waals surface area contributed by atoms with Crippen LogP contribution in [0.25, 0.3) is 0 Å². The van der Waals surface area contributed by atoms with E-state index in [4.69, 9.17) is 17.3 Å². The van der Waals surface area contributed by atoms with Crippen LogP contribution in [0, 0.1) is 4.77 Å². The highest BCUT2D eigenvalue weighted by Gasteiger charge is 2.07. The van der Waals surface area contributed by atoms with Crippen LogP contribution in [0.15, 0.2) is 9.90 Å². The fourth-order valence-electron chi connectivity index (χ4n) is 0.968. The number of H-pyrrole nitrogens is 1. The number of nitrogens with zero attached hydrogens (tertiary/aromatic N) is 2. The van der Waals surface area contributed by atoms with Crippen LogP contribution in [-0.2, 0) is 7.05 Å². The molecule has 88 valence electrons. The van der Waals surface area contributed by atoms with Gasteiger partial charge in [0.25, 0.3) is 5.56 Å². The van der Waals surface area contributed by atoms with Gasteiger partial charge >= 0.3 is 0 Å². The van der Waals surface area contributed by atoms with Crippen molar-refractivity contribution < 1.29 is 10.2 Å². The van der Waals surface area contributed by atoms with Gasteiger partial charge in [-0.3, -0.25) is 14.3 Å². The van der Waals surface area contributed by atoms with Crippen LogP contribution in [0.5, 0.6) is 5.88 Å². The minimum absolute atomic E-state index is 0.00143. The van der Waals surface area contributed by atoms with Crippen LogP contribution >= 0.6 is 12.2 Å². The molecule has 16 heavy (non-hydrogen) atoms. The maximum absolute atomic E-state index is 11.4. The van der Waals surface area contributed by atoms with Crippen LogP contribution in [0.4, 0.5) is 0 Å². The molecule has 7 nitrogen and oxygen atoms in total. The van der Waals surface area contributed by atoms with Gasteiger partial charge in [0.1, 0.15) is 5.56 Å². The van der Waals surface area contributed by atoms with E-state index in [1.165, 1.54) is 17.8 Å². The van der Waals surface area contributed by atoms with Crippen molar-refractivity contribution in [3.8, 4) is 5.88 Å². The van der Waals surface area contributed by atoms with E-state index in [-0.39, 0.29) is 29.4 Å². The molecule has 8 heteroatoms. The summed E-state index contributed by atoms with van der Waals surface area (Å²) in [5.74, 6) is -0.261. The standard InChI is InChI=1S/C8H12N4O3S/c1-12-7(15)5(4-10-9-2-3-13)6(14)11-8(12)16/h4,9,13,15H,2-3H2,1H3,(H,11,14,16). The van der Waals surface area contributed by atoms with Crippen LogP contribution in [-0.4, -0.2) is 39.1 Å². The Morgan fingerprint density at radius 2 is 2.38 bits per heavy atom. The molecule has 0 aliphatic rings. The molecule has 1 heterocycles. The predicted molar refractivity (Wildman–Crippen MR) is 61.2 cm³/mol. The fourth-order valence-corrected chi connectivity index (χ4v) is 1.15. The van der Waals surface area contributed by atoms with Gasteiger partial charge in [-0.25, -0.2) is 0 Å². The highest BCUT2D eigenvalue weighted by atomic mass is 32.1. The van der Waals surface area contributed by atoms with E-state index in [1.807, 2.05) is 0 Å². The smallest absolute Gasteiger partial charge is 0.264 e. The zero-order valence-corrected chi connectivity index (χ0v) is 9.41. The Morgan fingerprint density at radius 3 is 3.00 bits per heavy atom. The van der Waals surface area contributed by atoms with E-state index in [2.05, 4.69) is 15.5 Å². The highest BCUT2D eigenvalue weighted by molar-refractivity contribution is 7.71. The van der Waals surface area contributed by atoms with Gasteiger partial charge in [-0.1, -0.05) is 0 Å². The van der Waals surface area contributed by atoms with E-state index in [9.17, 15) is 9.90 Å². The van der Waals surface area contributed by atoms with Crippen molar-refractivity contribution in [3.05, 3.63) is 20.7 Å². The van der Waals surface area contributed by atoms with E-state index < -0.39 is 5.56 Å². The molecule has 0 saturated carbocycles. The average molecular weight is 244 g/mol. The first-order chi connectivity index (χ1) is 7.57. The number of aliphatic hydroxyl groups is 1. The van der Waals surface area contributed by atoms with Gasteiger partial charge in [0, 0.05) is 7.05 Å². The highest BCUT2D eigenvalue weighted by Crippen LogP contribution is 2.07. The van der Waals surface area contributed by atoms with Crippen LogP contribution in [0.2, 0.25) is 0 Å². The molecular formula is C8H12N4O3S. The zero-order chi connectivity index (χ0) is 12.1. The molecule has 4 N–H and O–H groups in total. The molecule has 0 unspecified atom stereocenters. The molecule has 0 saturated heterocycles. The second-order valence-electron chi connectivity index (χ2n) is 2.95. The molecule has 1 rings (SSSR count). The summed E-state index contributed by atoms with van der Waals surface area (Å²) in [7, 11) is 1.52. The minimum atomic E-state index is -0.518. The fraction of sp³-hybridized carbons (Fsp3) is 0.375. The number of nitrogens with one attached hydrogen (secondary N) is 2. The third kappa shape index (κ3) is 2.67. The molecule has 0 spiro atoms. The molecule has 0 radical (unpaired) electrons. The monoisotopic (exact) mass is 244 g/mol.